The van der Waals surface area contributed by atoms with Crippen LogP contribution in [0.3, 0.4) is 0 Å². The van der Waals surface area contributed by atoms with Gasteiger partial charge in [-0.15, -0.1) is 0 Å². The molecule has 1 aromatic heterocycles. The molecule has 18 heavy (non-hydrogen) atoms. The second-order valence-electron chi connectivity index (χ2n) is 3.60. The van der Waals surface area contributed by atoms with E-state index in [1.807, 2.05) is 0 Å². The van der Waals surface area contributed by atoms with Gasteiger partial charge in [0.15, 0.2) is 0 Å². The van der Waals surface area contributed by atoms with Crippen molar-refractivity contribution < 1.29 is 13.5 Å². The van der Waals surface area contributed by atoms with Crippen LogP contribution in [0.4, 0.5) is 8.78 Å². The van der Waals surface area contributed by atoms with Gasteiger partial charge >= 0.3 is 6.61 Å². The molecule has 6 heteroatoms. The predicted octanol–water partition coefficient (Wildman–Crippen LogP) is 2.13. The van der Waals surface area contributed by atoms with Crippen LogP contribution in [0, 0.1) is 0 Å². The maximum Gasteiger partial charge on any atom is 0.387 e. The largest absolute Gasteiger partial charge is 0.435 e. The number of rotatable bonds is 4. The third-order valence-corrected chi connectivity index (χ3v) is 2.40. The third-order valence-electron chi connectivity index (χ3n) is 2.40. The number of nitrogens with zero attached hydrogens (tertiary/aromatic N) is 2. The number of alkyl halides is 2. The summed E-state index contributed by atoms with van der Waals surface area (Å²) in [5.41, 5.74) is 7.52. The molecule has 0 bridgehead atoms. The lowest BCUT2D eigenvalue weighted by Gasteiger charge is -2.12. The van der Waals surface area contributed by atoms with E-state index in [1.165, 1.54) is 18.5 Å². The summed E-state index contributed by atoms with van der Waals surface area (Å²) in [7, 11) is 0. The minimum absolute atomic E-state index is 0.102. The molecule has 0 aliphatic rings. The van der Waals surface area contributed by atoms with Gasteiger partial charge in [0.25, 0.3) is 0 Å². The number of halogens is 2. The molecular formula is C12H11F2N3O. The number of aromatic nitrogens is 2. The van der Waals surface area contributed by atoms with Crippen molar-refractivity contribution in [1.29, 1.82) is 0 Å². The summed E-state index contributed by atoms with van der Waals surface area (Å²) in [5, 5.41) is 0. The van der Waals surface area contributed by atoms with E-state index in [0.29, 0.717) is 0 Å². The molecule has 1 heterocycles. The smallest absolute Gasteiger partial charge is 0.387 e. The van der Waals surface area contributed by atoms with Gasteiger partial charge in [0.05, 0.1) is 6.04 Å². The fourth-order valence-corrected chi connectivity index (χ4v) is 1.52. The van der Waals surface area contributed by atoms with Crippen molar-refractivity contribution in [2.45, 2.75) is 12.7 Å². The highest BCUT2D eigenvalue weighted by Crippen LogP contribution is 2.21. The van der Waals surface area contributed by atoms with Gasteiger partial charge in [0.2, 0.25) is 0 Å². The molecule has 0 amide bonds. The Kier molecular flexibility index (Phi) is 3.78. The van der Waals surface area contributed by atoms with Gasteiger partial charge in [0, 0.05) is 18.0 Å². The zero-order valence-electron chi connectivity index (χ0n) is 9.33. The molecule has 0 fully saturated rings. The first-order valence-electron chi connectivity index (χ1n) is 5.22. The van der Waals surface area contributed by atoms with Crippen molar-refractivity contribution >= 4 is 0 Å². The third kappa shape index (κ3) is 2.98. The average Bonchev–Trinajstić information content (AvgIpc) is 2.39. The van der Waals surface area contributed by atoms with Crippen molar-refractivity contribution in [3.63, 3.8) is 0 Å². The van der Waals surface area contributed by atoms with Gasteiger partial charge in [-0.05, 0) is 17.7 Å². The molecule has 0 aliphatic carbocycles. The Morgan fingerprint density at radius 3 is 2.17 bits per heavy atom. The summed E-state index contributed by atoms with van der Waals surface area (Å²) in [6.45, 7) is -2.83. The van der Waals surface area contributed by atoms with Crippen LogP contribution in [0.15, 0.2) is 43.0 Å². The molecule has 1 atom stereocenters. The average molecular weight is 251 g/mol. The van der Waals surface area contributed by atoms with Gasteiger partial charge in [-0.3, -0.25) is 0 Å². The summed E-state index contributed by atoms with van der Waals surface area (Å²) >= 11 is 0. The van der Waals surface area contributed by atoms with Crippen LogP contribution >= 0.6 is 0 Å². The van der Waals surface area contributed by atoms with E-state index >= 15 is 0 Å². The van der Waals surface area contributed by atoms with Crippen molar-refractivity contribution in [1.82, 2.24) is 9.97 Å². The molecule has 0 aliphatic heterocycles. The summed E-state index contributed by atoms with van der Waals surface area (Å²) in [6.07, 6.45) is 4.64. The SMILES string of the molecule is NC(c1ccc(OC(F)F)cc1)c1cncnc1. The zero-order valence-corrected chi connectivity index (χ0v) is 9.33. The highest BCUT2D eigenvalue weighted by molar-refractivity contribution is 5.33. The number of hydrogen-bond donors (Lipinski definition) is 1. The second-order valence-corrected chi connectivity index (χ2v) is 3.60. The lowest BCUT2D eigenvalue weighted by molar-refractivity contribution is -0.0498. The zero-order chi connectivity index (χ0) is 13.0. The van der Waals surface area contributed by atoms with Crippen LogP contribution in [0.2, 0.25) is 0 Å². The lowest BCUT2D eigenvalue weighted by atomic mass is 10.0. The van der Waals surface area contributed by atoms with Crippen LogP contribution in [0.5, 0.6) is 5.75 Å². The number of ether oxygens (including phenoxy) is 1. The van der Waals surface area contributed by atoms with E-state index in [4.69, 9.17) is 5.73 Å². The molecule has 0 saturated heterocycles. The molecule has 2 N–H and O–H groups in total. The quantitative estimate of drug-likeness (QED) is 0.904. The Hall–Kier alpha value is -2.08. The van der Waals surface area contributed by atoms with Crippen molar-refractivity contribution in [3.05, 3.63) is 54.1 Å². The van der Waals surface area contributed by atoms with Gasteiger partial charge in [-0.25, -0.2) is 9.97 Å². The Labute approximate surface area is 102 Å². The number of benzene rings is 1. The summed E-state index contributed by atoms with van der Waals surface area (Å²) in [4.78, 5) is 7.75. The first-order valence-corrected chi connectivity index (χ1v) is 5.22. The van der Waals surface area contributed by atoms with Crippen LogP contribution < -0.4 is 10.5 Å². The highest BCUT2D eigenvalue weighted by atomic mass is 19.3. The van der Waals surface area contributed by atoms with E-state index in [9.17, 15) is 8.78 Å². The molecule has 4 nitrogen and oxygen atoms in total. The van der Waals surface area contributed by atoms with E-state index < -0.39 is 12.7 Å². The fraction of sp³-hybridized carbons (Fsp3) is 0.167. The predicted molar refractivity (Wildman–Crippen MR) is 61.1 cm³/mol. The molecule has 0 spiro atoms. The molecule has 0 radical (unpaired) electrons. The Morgan fingerprint density at radius 1 is 1.00 bits per heavy atom. The van der Waals surface area contributed by atoms with Crippen LogP contribution in [0.25, 0.3) is 0 Å². The van der Waals surface area contributed by atoms with Gasteiger partial charge < -0.3 is 10.5 Å². The molecule has 2 aromatic rings. The van der Waals surface area contributed by atoms with Gasteiger partial charge in [-0.2, -0.15) is 8.78 Å². The maximum atomic E-state index is 12.0. The molecule has 1 aromatic carbocycles. The van der Waals surface area contributed by atoms with E-state index in [-0.39, 0.29) is 5.75 Å². The van der Waals surface area contributed by atoms with E-state index in [1.54, 1.807) is 24.5 Å². The highest BCUT2D eigenvalue weighted by Gasteiger charge is 2.10. The lowest BCUT2D eigenvalue weighted by Crippen LogP contribution is -2.12. The molecule has 94 valence electrons. The fourth-order valence-electron chi connectivity index (χ4n) is 1.52. The number of hydrogen-bond acceptors (Lipinski definition) is 4. The molecule has 1 unspecified atom stereocenters. The van der Waals surface area contributed by atoms with Crippen molar-refractivity contribution in [2.24, 2.45) is 5.73 Å². The monoisotopic (exact) mass is 251 g/mol. The van der Waals surface area contributed by atoms with Crippen LogP contribution in [-0.4, -0.2) is 16.6 Å². The Balaban J connectivity index is 2.14. The first kappa shape index (κ1) is 12.4. The summed E-state index contributed by atoms with van der Waals surface area (Å²) in [5.74, 6) is 0.102. The normalized spacial score (nSPS) is 12.4. The first-order chi connectivity index (χ1) is 8.66. The summed E-state index contributed by atoms with van der Waals surface area (Å²) < 4.78 is 28.2. The van der Waals surface area contributed by atoms with Gasteiger partial charge in [0.1, 0.15) is 12.1 Å². The van der Waals surface area contributed by atoms with Crippen molar-refractivity contribution in [2.75, 3.05) is 0 Å². The van der Waals surface area contributed by atoms with Gasteiger partial charge in [-0.1, -0.05) is 12.1 Å². The van der Waals surface area contributed by atoms with Crippen LogP contribution in [0.1, 0.15) is 17.2 Å². The van der Waals surface area contributed by atoms with Crippen LogP contribution in [-0.2, 0) is 0 Å². The topological polar surface area (TPSA) is 61.0 Å². The molecule has 0 saturated carbocycles. The standard InChI is InChI=1S/C12H11F2N3O/c13-12(14)18-10-3-1-8(2-4-10)11(15)9-5-16-7-17-6-9/h1-7,11-12H,15H2. The molecule has 2 rings (SSSR count). The summed E-state index contributed by atoms with van der Waals surface area (Å²) in [6, 6.07) is 5.77. The van der Waals surface area contributed by atoms with Crippen molar-refractivity contribution in [3.8, 4) is 5.75 Å². The maximum absolute atomic E-state index is 12.0. The Bertz CT molecular complexity index is 490. The molecular weight excluding hydrogens is 240 g/mol. The van der Waals surface area contributed by atoms with E-state index in [2.05, 4.69) is 14.7 Å². The minimum atomic E-state index is -2.83. The minimum Gasteiger partial charge on any atom is -0.435 e. The Morgan fingerprint density at radius 2 is 1.61 bits per heavy atom. The second kappa shape index (κ2) is 5.50. The van der Waals surface area contributed by atoms with E-state index in [0.717, 1.165) is 11.1 Å². The number of nitrogens with two attached hydrogens (primary N) is 1.